The molecule has 0 spiro atoms. The van der Waals surface area contributed by atoms with Gasteiger partial charge in [0.15, 0.2) is 23.1 Å². The third-order valence-corrected chi connectivity index (χ3v) is 8.61. The van der Waals surface area contributed by atoms with Crippen molar-refractivity contribution in [1.82, 2.24) is 20.9 Å². The molecule has 0 radical (unpaired) electrons. The molecule has 3 N–H and O–H groups in total. The number of carbonyl (C=O) groups is 3. The molecular weight excluding hydrogens is 720 g/mol. The molecule has 2 aliphatic rings. The molecule has 0 unspecified atom stereocenters. The summed E-state index contributed by atoms with van der Waals surface area (Å²) in [5, 5.41) is 8.27. The van der Waals surface area contributed by atoms with Crippen LogP contribution < -0.4 is 25.4 Å². The predicted molar refractivity (Wildman–Crippen MR) is 196 cm³/mol. The van der Waals surface area contributed by atoms with Crippen molar-refractivity contribution in [3.05, 3.63) is 119 Å². The van der Waals surface area contributed by atoms with Gasteiger partial charge in [0.25, 0.3) is 0 Å². The van der Waals surface area contributed by atoms with Crippen LogP contribution in [0.5, 0.6) is 23.0 Å². The lowest BCUT2D eigenvalue weighted by Gasteiger charge is -2.28. The highest BCUT2D eigenvalue weighted by Crippen LogP contribution is 2.29. The van der Waals surface area contributed by atoms with Crippen molar-refractivity contribution in [3.63, 3.8) is 0 Å². The first-order chi connectivity index (χ1) is 26.3. The van der Waals surface area contributed by atoms with Crippen molar-refractivity contribution in [2.75, 3.05) is 13.1 Å². The number of benzene rings is 4. The topological polar surface area (TPSA) is 118 Å². The summed E-state index contributed by atoms with van der Waals surface area (Å²) in [6.07, 6.45) is 2.27. The second-order valence-electron chi connectivity index (χ2n) is 14.0. The van der Waals surface area contributed by atoms with Crippen molar-refractivity contribution in [2.45, 2.75) is 77.2 Å². The lowest BCUT2D eigenvalue weighted by atomic mass is 10.1. The molecule has 2 aliphatic heterocycles. The molecule has 2 atom stereocenters. The molecule has 2 heterocycles. The molecule has 2 fully saturated rings. The minimum Gasteiger partial charge on any atom is -0.454 e. The van der Waals surface area contributed by atoms with Crippen LogP contribution in [0, 0.1) is 23.3 Å². The highest BCUT2D eigenvalue weighted by molar-refractivity contribution is 5.86. The monoisotopic (exact) mass is 764 g/mol. The van der Waals surface area contributed by atoms with Gasteiger partial charge in [-0.05, 0) is 89.4 Å². The van der Waals surface area contributed by atoms with Crippen molar-refractivity contribution in [3.8, 4) is 23.0 Å². The van der Waals surface area contributed by atoms with Crippen molar-refractivity contribution >= 4 is 17.9 Å². The molecule has 6 rings (SSSR count). The fourth-order valence-electron chi connectivity index (χ4n) is 5.89. The Balaban J connectivity index is 0.000000218. The molecule has 55 heavy (non-hydrogen) atoms. The third kappa shape index (κ3) is 11.7. The second-order valence-corrected chi connectivity index (χ2v) is 14.0. The van der Waals surface area contributed by atoms with Crippen LogP contribution in [0.3, 0.4) is 0 Å². The molecule has 14 heteroatoms. The Labute approximate surface area is 317 Å². The number of para-hydroxylation sites is 2. The average Bonchev–Trinajstić information content (AvgIpc) is 3.88. The van der Waals surface area contributed by atoms with E-state index < -0.39 is 46.9 Å². The second kappa shape index (κ2) is 18.6. The van der Waals surface area contributed by atoms with Crippen LogP contribution in [-0.2, 0) is 27.4 Å². The molecule has 4 aromatic carbocycles. The van der Waals surface area contributed by atoms with E-state index in [1.165, 1.54) is 4.90 Å². The lowest BCUT2D eigenvalue weighted by Crippen LogP contribution is -2.47. The summed E-state index contributed by atoms with van der Waals surface area (Å²) < 4.78 is 73.2. The zero-order valence-electron chi connectivity index (χ0n) is 30.8. The van der Waals surface area contributed by atoms with Crippen molar-refractivity contribution in [2.24, 2.45) is 0 Å². The smallest absolute Gasteiger partial charge is 0.410 e. The molecule has 292 valence electrons. The first-order valence-corrected chi connectivity index (χ1v) is 18.0. The number of ether oxygens (including phenoxy) is 3. The van der Waals surface area contributed by atoms with Crippen molar-refractivity contribution in [1.29, 1.82) is 0 Å². The van der Waals surface area contributed by atoms with E-state index in [2.05, 4.69) is 16.0 Å². The number of nitrogens with one attached hydrogen (secondary N) is 3. The molecule has 2 saturated heterocycles. The van der Waals surface area contributed by atoms with Gasteiger partial charge in [-0.25, -0.2) is 22.4 Å². The molecule has 10 nitrogen and oxygen atoms in total. The van der Waals surface area contributed by atoms with Gasteiger partial charge in [0.1, 0.15) is 34.8 Å². The van der Waals surface area contributed by atoms with E-state index in [4.69, 9.17) is 14.2 Å². The molecular formula is C41H44F4N4O6. The Morgan fingerprint density at radius 1 is 0.709 bits per heavy atom. The maximum atomic E-state index is 14.5. The molecule has 0 aromatic heterocycles. The van der Waals surface area contributed by atoms with Crippen LogP contribution >= 0.6 is 0 Å². The van der Waals surface area contributed by atoms with Gasteiger partial charge < -0.3 is 30.2 Å². The first-order valence-electron chi connectivity index (χ1n) is 18.0. The van der Waals surface area contributed by atoms with E-state index in [1.807, 2.05) is 0 Å². The summed E-state index contributed by atoms with van der Waals surface area (Å²) in [5.74, 6) is -3.02. The maximum absolute atomic E-state index is 14.5. The van der Waals surface area contributed by atoms with Crippen molar-refractivity contribution < 1.29 is 46.2 Å². The molecule has 3 amide bonds. The van der Waals surface area contributed by atoms with Gasteiger partial charge in [0.2, 0.25) is 11.8 Å². The fraction of sp³-hybridized carbons (Fsp3) is 0.341. The first kappa shape index (κ1) is 40.6. The summed E-state index contributed by atoms with van der Waals surface area (Å²) in [5.41, 5.74) is -0.613. The SMILES string of the molecule is CC(C)(C)OC(=O)N1CCC[C@H]1C(=O)NCc1cc(F)c(Oc2ccccc2)cc1F.O=C(NCc1cc(F)c(Oc2ccccc2)cc1F)[C@@H]1CCCN1. The van der Waals surface area contributed by atoms with E-state index in [0.717, 1.165) is 43.7 Å². The number of nitrogens with zero attached hydrogens (tertiary/aromatic N) is 1. The Morgan fingerprint density at radius 3 is 1.69 bits per heavy atom. The summed E-state index contributed by atoms with van der Waals surface area (Å²) in [6, 6.07) is 20.1. The number of hydrogen-bond acceptors (Lipinski definition) is 7. The van der Waals surface area contributed by atoms with Crippen LogP contribution in [0.4, 0.5) is 22.4 Å². The van der Waals surface area contributed by atoms with Gasteiger partial charge in [-0.1, -0.05) is 36.4 Å². The van der Waals surface area contributed by atoms with Crippen LogP contribution in [0.25, 0.3) is 0 Å². The van der Waals surface area contributed by atoms with E-state index in [9.17, 15) is 31.9 Å². The molecule has 4 aromatic rings. The number of hydrogen-bond donors (Lipinski definition) is 3. The zero-order valence-corrected chi connectivity index (χ0v) is 30.8. The highest BCUT2D eigenvalue weighted by Gasteiger charge is 2.36. The maximum Gasteiger partial charge on any atom is 0.410 e. The number of carbonyl (C=O) groups excluding carboxylic acids is 3. The van der Waals surface area contributed by atoms with E-state index in [1.54, 1.807) is 81.4 Å². The number of likely N-dealkylation sites (tertiary alicyclic amines) is 1. The number of halogens is 4. The van der Waals surface area contributed by atoms with Crippen LogP contribution in [0.1, 0.15) is 57.6 Å². The minimum atomic E-state index is -0.745. The zero-order chi connectivity index (χ0) is 39.5. The largest absolute Gasteiger partial charge is 0.454 e. The minimum absolute atomic E-state index is 0.0203. The van der Waals surface area contributed by atoms with Crippen LogP contribution in [-0.4, -0.2) is 53.6 Å². The fourth-order valence-corrected chi connectivity index (χ4v) is 5.89. The Morgan fingerprint density at radius 2 is 1.22 bits per heavy atom. The summed E-state index contributed by atoms with van der Waals surface area (Å²) in [6.45, 7) is 6.17. The van der Waals surface area contributed by atoms with Gasteiger partial charge in [-0.15, -0.1) is 0 Å². The van der Waals surface area contributed by atoms with E-state index in [0.29, 0.717) is 30.9 Å². The Kier molecular flexibility index (Phi) is 13.7. The number of amides is 3. The van der Waals surface area contributed by atoms with Crippen LogP contribution in [0.15, 0.2) is 84.9 Å². The summed E-state index contributed by atoms with van der Waals surface area (Å²) in [4.78, 5) is 38.2. The Bertz CT molecular complexity index is 1940. The van der Waals surface area contributed by atoms with E-state index >= 15 is 0 Å². The predicted octanol–water partition coefficient (Wildman–Crippen LogP) is 7.90. The van der Waals surface area contributed by atoms with Gasteiger partial charge in [0.05, 0.1) is 6.04 Å². The third-order valence-electron chi connectivity index (χ3n) is 8.61. The van der Waals surface area contributed by atoms with Crippen LogP contribution in [0.2, 0.25) is 0 Å². The van der Waals surface area contributed by atoms with Gasteiger partial charge >= 0.3 is 6.09 Å². The standard InChI is InChI=1S/C23H26F2N2O4.C18H18F2N2O2/c1-23(2,3)31-22(29)27-11-7-10-19(27)21(28)26-14-15-12-18(25)20(13-17(15)24)30-16-8-5-4-6-9-16;19-14-10-17(24-13-5-2-1-3-6-13)15(20)9-12(14)11-22-18(23)16-7-4-8-21-16/h4-6,8-9,12-13,19H,7,10-11,14H2,1-3H3,(H,26,28);1-3,5-6,9-10,16,21H,4,7-8,11H2,(H,22,23)/t19-;16-/m00/s1. The molecule has 0 aliphatic carbocycles. The average molecular weight is 765 g/mol. The quantitative estimate of drug-likeness (QED) is 0.141. The summed E-state index contributed by atoms with van der Waals surface area (Å²) in [7, 11) is 0. The number of rotatable bonds is 10. The Hall–Kier alpha value is -5.63. The molecule has 0 saturated carbocycles. The summed E-state index contributed by atoms with van der Waals surface area (Å²) >= 11 is 0. The normalized spacial score (nSPS) is 16.5. The van der Waals surface area contributed by atoms with Gasteiger partial charge in [-0.2, -0.15) is 0 Å². The van der Waals surface area contributed by atoms with Gasteiger partial charge in [-0.3, -0.25) is 14.5 Å². The van der Waals surface area contributed by atoms with Gasteiger partial charge in [0, 0.05) is 42.9 Å². The highest BCUT2D eigenvalue weighted by atomic mass is 19.1. The molecule has 0 bridgehead atoms. The lowest BCUT2D eigenvalue weighted by molar-refractivity contribution is -0.125. The van der Waals surface area contributed by atoms with E-state index in [-0.39, 0.29) is 47.7 Å².